The fourth-order valence-corrected chi connectivity index (χ4v) is 5.24. The molecule has 1 N–H and O–H groups in total. The van der Waals surface area contributed by atoms with Gasteiger partial charge in [-0.05, 0) is 46.1 Å². The van der Waals surface area contributed by atoms with E-state index in [4.69, 9.17) is 9.84 Å². The molecule has 0 bridgehead atoms. The van der Waals surface area contributed by atoms with Crippen LogP contribution in [0, 0.1) is 6.92 Å². The van der Waals surface area contributed by atoms with Crippen LogP contribution in [0.2, 0.25) is 0 Å². The number of aromatic amines is 1. The van der Waals surface area contributed by atoms with E-state index in [9.17, 15) is 4.79 Å². The minimum Gasteiger partial charge on any atom is -0.444 e. The van der Waals surface area contributed by atoms with E-state index in [1.54, 1.807) is 27.8 Å². The number of H-pyrrole nitrogens is 1. The predicted octanol–water partition coefficient (Wildman–Crippen LogP) is 3.98. The molecule has 0 atom stereocenters. The normalized spacial score (nSPS) is 17.8. The maximum Gasteiger partial charge on any atom is 0.410 e. The minimum atomic E-state index is -0.483. The maximum atomic E-state index is 12.3. The lowest BCUT2D eigenvalue weighted by atomic mass is 10.1. The number of carbonyl (C=O) groups excluding carboxylic acids is 1. The van der Waals surface area contributed by atoms with Crippen molar-refractivity contribution in [1.29, 1.82) is 0 Å². The summed E-state index contributed by atoms with van der Waals surface area (Å²) in [7, 11) is 0. The van der Waals surface area contributed by atoms with Crippen LogP contribution in [0.1, 0.15) is 50.9 Å². The van der Waals surface area contributed by atoms with E-state index in [0.717, 1.165) is 58.2 Å². The van der Waals surface area contributed by atoms with E-state index in [2.05, 4.69) is 38.1 Å². The van der Waals surface area contributed by atoms with Gasteiger partial charge in [-0.2, -0.15) is 15.0 Å². The minimum absolute atomic E-state index is 0.168. The molecule has 5 rings (SSSR count). The van der Waals surface area contributed by atoms with Crippen LogP contribution in [0.25, 0.3) is 15.9 Å². The Morgan fingerprint density at radius 2 is 2.00 bits per heavy atom. The molecule has 3 aromatic rings. The van der Waals surface area contributed by atoms with Gasteiger partial charge in [0.1, 0.15) is 29.1 Å². The molecule has 0 saturated carbocycles. The largest absolute Gasteiger partial charge is 0.444 e. The Labute approximate surface area is 202 Å². The van der Waals surface area contributed by atoms with Crippen LogP contribution in [0.5, 0.6) is 0 Å². The summed E-state index contributed by atoms with van der Waals surface area (Å²) in [6, 6.07) is 0.168. The lowest BCUT2D eigenvalue weighted by Gasteiger charge is -2.33. The van der Waals surface area contributed by atoms with Crippen LogP contribution >= 0.6 is 11.8 Å². The van der Waals surface area contributed by atoms with Crippen LogP contribution < -0.4 is 4.90 Å². The molecule has 0 radical (unpaired) electrons. The molecule has 2 aliphatic rings. The number of carbonyl (C=O) groups is 1. The summed E-state index contributed by atoms with van der Waals surface area (Å²) in [5.41, 5.74) is 2.35. The van der Waals surface area contributed by atoms with Gasteiger partial charge < -0.3 is 19.5 Å². The summed E-state index contributed by atoms with van der Waals surface area (Å²) in [6.45, 7) is 9.87. The monoisotopic (exact) mass is 482 g/mol. The van der Waals surface area contributed by atoms with Gasteiger partial charge in [-0.3, -0.25) is 0 Å². The molecule has 34 heavy (non-hydrogen) atoms. The molecule has 0 aliphatic carbocycles. The molecule has 5 heterocycles. The zero-order chi connectivity index (χ0) is 23.9. The summed E-state index contributed by atoms with van der Waals surface area (Å²) in [5.74, 6) is 1.84. The van der Waals surface area contributed by atoms with E-state index in [0.29, 0.717) is 13.1 Å². The van der Waals surface area contributed by atoms with Crippen molar-refractivity contribution in [2.75, 3.05) is 30.3 Å². The van der Waals surface area contributed by atoms with Crippen LogP contribution in [0.4, 0.5) is 10.6 Å². The third-order valence-corrected chi connectivity index (χ3v) is 7.00. The molecule has 3 aromatic heterocycles. The van der Waals surface area contributed by atoms with E-state index in [1.165, 1.54) is 0 Å². The first-order chi connectivity index (χ1) is 16.3. The van der Waals surface area contributed by atoms with Gasteiger partial charge >= 0.3 is 6.09 Å². The Balaban J connectivity index is 1.29. The summed E-state index contributed by atoms with van der Waals surface area (Å²) < 4.78 is 5.50. The highest BCUT2D eigenvalue weighted by atomic mass is 32.2. The fourth-order valence-electron chi connectivity index (χ4n) is 4.29. The summed E-state index contributed by atoms with van der Waals surface area (Å²) in [4.78, 5) is 31.3. The first-order valence-electron chi connectivity index (χ1n) is 11.6. The molecule has 11 heteroatoms. The highest BCUT2D eigenvalue weighted by molar-refractivity contribution is 8.08. The average Bonchev–Trinajstić information content (AvgIpc) is 3.46. The quantitative estimate of drug-likeness (QED) is 0.598. The molecule has 2 aliphatic heterocycles. The lowest BCUT2D eigenvalue weighted by Crippen LogP contribution is -2.42. The Kier molecular flexibility index (Phi) is 5.97. The Morgan fingerprint density at radius 3 is 2.76 bits per heavy atom. The molecular weight excluding hydrogens is 452 g/mol. The molecule has 1 saturated heterocycles. The number of nitrogens with zero attached hydrogens (tertiary/aromatic N) is 7. The van der Waals surface area contributed by atoms with Crippen molar-refractivity contribution in [3.05, 3.63) is 36.2 Å². The number of nitrogens with one attached hydrogen (secondary N) is 1. The number of thioether (sulfide) groups is 1. The number of amides is 1. The molecule has 0 aromatic carbocycles. The van der Waals surface area contributed by atoms with Gasteiger partial charge in [0, 0.05) is 37.8 Å². The summed E-state index contributed by atoms with van der Waals surface area (Å²) >= 11 is 1.78. The van der Waals surface area contributed by atoms with Gasteiger partial charge in [-0.1, -0.05) is 0 Å². The molecule has 10 nitrogen and oxygen atoms in total. The first-order valence-corrected chi connectivity index (χ1v) is 12.6. The fraction of sp³-hybridized carbons (Fsp3) is 0.522. The second-order valence-corrected chi connectivity index (χ2v) is 10.8. The van der Waals surface area contributed by atoms with E-state index in [1.807, 2.05) is 33.2 Å². The van der Waals surface area contributed by atoms with Gasteiger partial charge in [0.2, 0.25) is 0 Å². The smallest absolute Gasteiger partial charge is 0.410 e. The van der Waals surface area contributed by atoms with Gasteiger partial charge in [-0.15, -0.1) is 11.8 Å². The Bertz CT molecular complexity index is 1220. The predicted molar refractivity (Wildman–Crippen MR) is 133 cm³/mol. The maximum absolute atomic E-state index is 12.3. The topological polar surface area (TPSA) is 105 Å². The van der Waals surface area contributed by atoms with Crippen molar-refractivity contribution in [2.45, 2.75) is 52.2 Å². The molecule has 180 valence electrons. The standard InChI is InChI=1S/C23H30N8O2S/c1-15-11-24-20-19(15)21(26-14-25-20)30-9-10-34-18(13-30)17-12-27-31(28-17)16-5-7-29(8-6-16)22(32)33-23(2,3)4/h11-14,16H,5-10H2,1-4H3,(H,24,25,26). The number of hydrogen-bond acceptors (Lipinski definition) is 8. The van der Waals surface area contributed by atoms with Crippen molar-refractivity contribution >= 4 is 39.6 Å². The lowest BCUT2D eigenvalue weighted by molar-refractivity contribution is 0.0180. The third-order valence-electron chi connectivity index (χ3n) is 5.99. The molecule has 1 fully saturated rings. The van der Waals surface area contributed by atoms with Crippen molar-refractivity contribution in [2.24, 2.45) is 0 Å². The van der Waals surface area contributed by atoms with Gasteiger partial charge in [0.15, 0.2) is 0 Å². The Hall–Kier alpha value is -3.08. The molecule has 0 unspecified atom stereocenters. The second kappa shape index (κ2) is 8.94. The molecule has 1 amide bonds. The number of aromatic nitrogens is 6. The zero-order valence-electron chi connectivity index (χ0n) is 20.0. The molecule has 0 spiro atoms. The SMILES string of the molecule is Cc1c[nH]c2ncnc(N3C=C(c4cnn(C5CCN(C(=O)OC(C)(C)C)CC5)n4)SCC3)c12. The number of rotatable bonds is 3. The van der Waals surface area contributed by atoms with Crippen molar-refractivity contribution in [3.8, 4) is 0 Å². The number of likely N-dealkylation sites (tertiary alicyclic amines) is 1. The van der Waals surface area contributed by atoms with E-state index >= 15 is 0 Å². The number of ether oxygens (including phenoxy) is 1. The number of piperidine rings is 1. The third kappa shape index (κ3) is 4.61. The average molecular weight is 483 g/mol. The highest BCUT2D eigenvalue weighted by Crippen LogP contribution is 2.35. The van der Waals surface area contributed by atoms with Gasteiger partial charge in [0.05, 0.1) is 22.5 Å². The van der Waals surface area contributed by atoms with Crippen LogP contribution in [-0.2, 0) is 4.74 Å². The first kappa shape index (κ1) is 22.7. The van der Waals surface area contributed by atoms with E-state index < -0.39 is 5.60 Å². The summed E-state index contributed by atoms with van der Waals surface area (Å²) in [6.07, 6.45) is 8.87. The van der Waals surface area contributed by atoms with Crippen molar-refractivity contribution in [3.63, 3.8) is 0 Å². The van der Waals surface area contributed by atoms with E-state index in [-0.39, 0.29) is 12.1 Å². The van der Waals surface area contributed by atoms with Crippen LogP contribution in [0.15, 0.2) is 24.9 Å². The number of anilines is 1. The van der Waals surface area contributed by atoms with Gasteiger partial charge in [0.25, 0.3) is 0 Å². The summed E-state index contributed by atoms with van der Waals surface area (Å²) in [5, 5.41) is 10.4. The number of aryl methyl sites for hydroxylation is 1. The Morgan fingerprint density at radius 1 is 1.21 bits per heavy atom. The number of hydrogen-bond donors (Lipinski definition) is 1. The number of fused-ring (bicyclic) bond motifs is 1. The van der Waals surface area contributed by atoms with Crippen LogP contribution in [-0.4, -0.2) is 71.9 Å². The highest BCUT2D eigenvalue weighted by Gasteiger charge is 2.29. The molecular formula is C23H30N8O2S. The second-order valence-electron chi connectivity index (χ2n) is 9.68. The van der Waals surface area contributed by atoms with Crippen molar-refractivity contribution < 1.29 is 9.53 Å². The zero-order valence-corrected chi connectivity index (χ0v) is 20.8. The van der Waals surface area contributed by atoms with Gasteiger partial charge in [-0.25, -0.2) is 14.8 Å². The van der Waals surface area contributed by atoms with Crippen molar-refractivity contribution in [1.82, 2.24) is 34.8 Å². The van der Waals surface area contributed by atoms with Crippen LogP contribution in [0.3, 0.4) is 0 Å².